The summed E-state index contributed by atoms with van der Waals surface area (Å²) in [6.45, 7) is 0.818. The fraction of sp³-hybridized carbons (Fsp3) is 0.346. The maximum absolute atomic E-state index is 12.7. The van der Waals surface area contributed by atoms with Crippen LogP contribution in [0.4, 0.5) is 10.8 Å². The van der Waals surface area contributed by atoms with Crippen molar-refractivity contribution in [1.29, 1.82) is 0 Å². The van der Waals surface area contributed by atoms with Gasteiger partial charge in [-0.1, -0.05) is 36.4 Å². The van der Waals surface area contributed by atoms with Gasteiger partial charge in [0.25, 0.3) is 0 Å². The second-order valence-corrected chi connectivity index (χ2v) is 9.50. The number of hydrogen-bond acceptors (Lipinski definition) is 4. The van der Waals surface area contributed by atoms with Gasteiger partial charge < -0.3 is 4.90 Å². The summed E-state index contributed by atoms with van der Waals surface area (Å²) in [5, 5.41) is 2.72. The molecule has 2 heterocycles. The minimum atomic E-state index is 0.0643. The van der Waals surface area contributed by atoms with Crippen molar-refractivity contribution >= 4 is 34.0 Å². The quantitative estimate of drug-likeness (QED) is 0.531. The Labute approximate surface area is 192 Å². The van der Waals surface area contributed by atoms with Crippen LogP contribution in [0.3, 0.4) is 0 Å². The molecule has 5 rings (SSSR count). The van der Waals surface area contributed by atoms with E-state index in [9.17, 15) is 9.59 Å². The molecule has 1 saturated carbocycles. The number of rotatable bonds is 6. The lowest BCUT2D eigenvalue weighted by Crippen LogP contribution is -2.36. The molecule has 5 nitrogen and oxygen atoms in total. The lowest BCUT2D eigenvalue weighted by Gasteiger charge is -2.30. The van der Waals surface area contributed by atoms with E-state index in [0.717, 1.165) is 61.2 Å². The van der Waals surface area contributed by atoms with Crippen molar-refractivity contribution in [2.45, 2.75) is 38.5 Å². The highest BCUT2D eigenvalue weighted by molar-refractivity contribution is 7.14. The molecule has 0 N–H and O–H groups in total. The minimum Gasteiger partial charge on any atom is -0.312 e. The van der Waals surface area contributed by atoms with Gasteiger partial charge in [-0.2, -0.15) is 0 Å². The smallest absolute Gasteiger partial charge is 0.230 e. The molecule has 0 saturated heterocycles. The molecule has 1 aliphatic carbocycles. The van der Waals surface area contributed by atoms with Crippen LogP contribution in [0.5, 0.6) is 0 Å². The van der Waals surface area contributed by atoms with E-state index in [0.29, 0.717) is 11.6 Å². The zero-order valence-corrected chi connectivity index (χ0v) is 19.1. The number of fused-ring (bicyclic) bond motifs is 1. The number of carbonyl (C=O) groups is 2. The summed E-state index contributed by atoms with van der Waals surface area (Å²) in [6, 6.07) is 16.3. The lowest BCUT2D eigenvalue weighted by atomic mass is 9.98. The van der Waals surface area contributed by atoms with Crippen molar-refractivity contribution < 1.29 is 9.59 Å². The van der Waals surface area contributed by atoms with E-state index in [-0.39, 0.29) is 17.7 Å². The van der Waals surface area contributed by atoms with Gasteiger partial charge in [0.2, 0.25) is 11.8 Å². The zero-order chi connectivity index (χ0) is 22.1. The molecule has 0 unspecified atom stereocenters. The number of benzene rings is 2. The molecule has 0 radical (unpaired) electrons. The molecule has 0 bridgehead atoms. The van der Waals surface area contributed by atoms with Gasteiger partial charge in [0.15, 0.2) is 5.13 Å². The van der Waals surface area contributed by atoms with Gasteiger partial charge in [-0.3, -0.25) is 14.5 Å². The average molecular weight is 446 g/mol. The summed E-state index contributed by atoms with van der Waals surface area (Å²) in [4.78, 5) is 33.7. The molecule has 1 aromatic heterocycles. The van der Waals surface area contributed by atoms with Crippen LogP contribution >= 0.6 is 11.3 Å². The Morgan fingerprint density at radius 2 is 1.97 bits per heavy atom. The molecule has 1 fully saturated rings. The highest BCUT2D eigenvalue weighted by atomic mass is 32.1. The average Bonchev–Trinajstić information content (AvgIpc) is 3.57. The summed E-state index contributed by atoms with van der Waals surface area (Å²) in [6.07, 6.45) is 5.22. The lowest BCUT2D eigenvalue weighted by molar-refractivity contribution is -0.120. The molecule has 0 atom stereocenters. The first kappa shape index (κ1) is 20.9. The van der Waals surface area contributed by atoms with Gasteiger partial charge in [-0.15, -0.1) is 11.3 Å². The molecule has 32 heavy (non-hydrogen) atoms. The van der Waals surface area contributed by atoms with E-state index in [1.165, 1.54) is 16.9 Å². The van der Waals surface area contributed by atoms with E-state index in [1.54, 1.807) is 11.9 Å². The van der Waals surface area contributed by atoms with E-state index in [1.807, 2.05) is 46.7 Å². The number of hydrogen-bond donors (Lipinski definition) is 0. The molecule has 2 aromatic carbocycles. The standard InChI is InChI=1S/C26H27N3O2S/c1-28(24(30)14-9-18-6-3-2-4-7-18)26-27-22(17-32-26)20-12-13-23-21(16-20)8-5-15-29(23)25(31)19-10-11-19/h2-4,6-7,12-13,16-17,19H,5,8-11,14-15H2,1H3. The number of aryl methyl sites for hydroxylation is 2. The van der Waals surface area contributed by atoms with Crippen molar-refractivity contribution in [3.05, 3.63) is 65.0 Å². The fourth-order valence-corrected chi connectivity index (χ4v) is 5.07. The first-order chi connectivity index (χ1) is 15.6. The van der Waals surface area contributed by atoms with Crippen molar-refractivity contribution in [2.24, 2.45) is 5.92 Å². The molecule has 0 spiro atoms. The van der Waals surface area contributed by atoms with Gasteiger partial charge in [0.1, 0.15) is 0 Å². The first-order valence-corrected chi connectivity index (χ1v) is 12.2. The summed E-state index contributed by atoms with van der Waals surface area (Å²) < 4.78 is 0. The normalized spacial score (nSPS) is 15.3. The predicted molar refractivity (Wildman–Crippen MR) is 129 cm³/mol. The van der Waals surface area contributed by atoms with Crippen LogP contribution < -0.4 is 9.80 Å². The van der Waals surface area contributed by atoms with Crippen LogP contribution in [0.25, 0.3) is 11.3 Å². The van der Waals surface area contributed by atoms with E-state index in [2.05, 4.69) is 12.1 Å². The first-order valence-electron chi connectivity index (χ1n) is 11.3. The number of aromatic nitrogens is 1. The van der Waals surface area contributed by atoms with E-state index < -0.39 is 0 Å². The van der Waals surface area contributed by atoms with Gasteiger partial charge in [-0.05, 0) is 55.4 Å². The second-order valence-electron chi connectivity index (χ2n) is 8.66. The topological polar surface area (TPSA) is 53.5 Å². The molecular weight excluding hydrogens is 418 g/mol. The molecule has 164 valence electrons. The summed E-state index contributed by atoms with van der Waals surface area (Å²) in [5.41, 5.74) is 5.35. The molecule has 3 aromatic rings. The van der Waals surface area contributed by atoms with Crippen molar-refractivity contribution in [3.63, 3.8) is 0 Å². The van der Waals surface area contributed by atoms with Crippen LogP contribution in [0.1, 0.15) is 36.8 Å². The molecule has 6 heteroatoms. The Morgan fingerprint density at radius 3 is 2.75 bits per heavy atom. The maximum Gasteiger partial charge on any atom is 0.230 e. The third-order valence-corrected chi connectivity index (χ3v) is 7.23. The Morgan fingerprint density at radius 1 is 1.16 bits per heavy atom. The molecule has 2 amide bonds. The van der Waals surface area contributed by atoms with E-state index >= 15 is 0 Å². The van der Waals surface area contributed by atoms with Gasteiger partial charge >= 0.3 is 0 Å². The number of carbonyl (C=O) groups excluding carboxylic acids is 2. The highest BCUT2D eigenvalue weighted by Crippen LogP contribution is 2.37. The fourth-order valence-electron chi connectivity index (χ4n) is 4.26. The predicted octanol–water partition coefficient (Wildman–Crippen LogP) is 5.09. The third kappa shape index (κ3) is 4.32. The zero-order valence-electron chi connectivity index (χ0n) is 18.3. The van der Waals surface area contributed by atoms with Crippen molar-refractivity contribution in [1.82, 2.24) is 4.98 Å². The van der Waals surface area contributed by atoms with Crippen LogP contribution in [-0.2, 0) is 22.4 Å². The van der Waals surface area contributed by atoms with Crippen LogP contribution in [0.2, 0.25) is 0 Å². The Hall–Kier alpha value is -2.99. The maximum atomic E-state index is 12.7. The van der Waals surface area contributed by atoms with Gasteiger partial charge in [0, 0.05) is 42.6 Å². The molecular formula is C26H27N3O2S. The summed E-state index contributed by atoms with van der Waals surface area (Å²) in [7, 11) is 1.80. The summed E-state index contributed by atoms with van der Waals surface area (Å²) in [5.74, 6) is 0.580. The number of anilines is 2. The van der Waals surface area contributed by atoms with E-state index in [4.69, 9.17) is 4.98 Å². The third-order valence-electron chi connectivity index (χ3n) is 6.31. The monoisotopic (exact) mass is 445 g/mol. The van der Waals surface area contributed by atoms with Crippen LogP contribution in [0, 0.1) is 5.92 Å². The Bertz CT molecular complexity index is 1140. The largest absolute Gasteiger partial charge is 0.312 e. The van der Waals surface area contributed by atoms with Gasteiger partial charge in [0.05, 0.1) is 5.69 Å². The van der Waals surface area contributed by atoms with Crippen molar-refractivity contribution in [2.75, 3.05) is 23.4 Å². The SMILES string of the molecule is CN(C(=O)CCc1ccccc1)c1nc(-c2ccc3c(c2)CCCN3C(=O)C2CC2)cs1. The molecule has 2 aliphatic rings. The molecule has 1 aliphatic heterocycles. The minimum absolute atomic E-state index is 0.0643. The Kier molecular flexibility index (Phi) is 5.79. The highest BCUT2D eigenvalue weighted by Gasteiger charge is 2.35. The number of thiazole rings is 1. The van der Waals surface area contributed by atoms with Crippen LogP contribution in [-0.4, -0.2) is 30.4 Å². The van der Waals surface area contributed by atoms with Gasteiger partial charge in [-0.25, -0.2) is 4.98 Å². The number of nitrogens with zero attached hydrogens (tertiary/aromatic N) is 3. The van der Waals surface area contributed by atoms with Crippen molar-refractivity contribution in [3.8, 4) is 11.3 Å². The Balaban J connectivity index is 1.29. The second kappa shape index (κ2) is 8.87. The summed E-state index contributed by atoms with van der Waals surface area (Å²) >= 11 is 1.49. The number of amides is 2. The van der Waals surface area contributed by atoms with Crippen LogP contribution in [0.15, 0.2) is 53.9 Å².